The highest BCUT2D eigenvalue weighted by atomic mass is 16.5. The van der Waals surface area contributed by atoms with Crippen LogP contribution in [-0.4, -0.2) is 77.8 Å². The molecule has 0 unspecified atom stereocenters. The number of fused-ring (bicyclic) bond motifs is 3. The molecule has 6 atom stereocenters. The topological polar surface area (TPSA) is 144 Å². The SMILES string of the molecule is COc1ccc([C@H]2c3ccc(C)c(C)c3OC[C@H]2c2ccc(OC)cc2)cc1.COc1ccc([C@H]2c3ccc(O)c(C)c3OC[C@H]2c2ccc(O)cc2)cc1.COc1ccc([C@H]2c3ccc(O)c(C)c3OC[C@H]2c2ccc(OC)c(OC)c2)cc1. The van der Waals surface area contributed by atoms with E-state index in [9.17, 15) is 15.3 Å². The Kier molecular flexibility index (Phi) is 18.0. The first kappa shape index (κ1) is 58.8. The van der Waals surface area contributed by atoms with Crippen molar-refractivity contribution in [2.45, 2.75) is 63.2 Å². The van der Waals surface area contributed by atoms with Crippen LogP contribution in [0.1, 0.15) is 108 Å². The lowest BCUT2D eigenvalue weighted by molar-refractivity contribution is 0.245. The Labute approximate surface area is 498 Å². The van der Waals surface area contributed by atoms with Crippen LogP contribution >= 0.6 is 0 Å². The van der Waals surface area contributed by atoms with Gasteiger partial charge in [0.05, 0.1) is 62.5 Å². The Balaban J connectivity index is 0.000000142. The van der Waals surface area contributed by atoms with Gasteiger partial charge in [-0.15, -0.1) is 0 Å². The quantitative estimate of drug-likeness (QED) is 0.107. The Morgan fingerprint density at radius 2 is 0.635 bits per heavy atom. The molecule has 85 heavy (non-hydrogen) atoms. The maximum atomic E-state index is 10.2. The number of benzene rings is 9. The lowest BCUT2D eigenvalue weighted by atomic mass is 9.75. The molecule has 0 bridgehead atoms. The van der Waals surface area contributed by atoms with Gasteiger partial charge in [-0.3, -0.25) is 0 Å². The molecular weight excluding hydrogens is 1070 g/mol. The van der Waals surface area contributed by atoms with E-state index in [1.54, 1.807) is 66.9 Å². The molecule has 0 aromatic heterocycles. The highest BCUT2D eigenvalue weighted by Crippen LogP contribution is 2.52. The van der Waals surface area contributed by atoms with Crippen LogP contribution < -0.4 is 42.6 Å². The van der Waals surface area contributed by atoms with E-state index in [2.05, 4.69) is 80.6 Å². The molecule has 0 aliphatic carbocycles. The maximum Gasteiger partial charge on any atom is 0.160 e. The van der Waals surface area contributed by atoms with Crippen LogP contribution in [0.5, 0.6) is 69.0 Å². The summed E-state index contributed by atoms with van der Waals surface area (Å²) in [4.78, 5) is 0. The van der Waals surface area contributed by atoms with Gasteiger partial charge in [0.1, 0.15) is 57.5 Å². The van der Waals surface area contributed by atoms with Gasteiger partial charge in [-0.25, -0.2) is 0 Å². The summed E-state index contributed by atoms with van der Waals surface area (Å²) in [6.45, 7) is 9.68. The van der Waals surface area contributed by atoms with Crippen molar-refractivity contribution in [3.8, 4) is 69.0 Å². The van der Waals surface area contributed by atoms with Gasteiger partial charge in [-0.05, 0) is 157 Å². The smallest absolute Gasteiger partial charge is 0.160 e. The molecule has 0 saturated heterocycles. The van der Waals surface area contributed by atoms with Crippen LogP contribution in [0.15, 0.2) is 176 Å². The molecule has 3 aliphatic rings. The van der Waals surface area contributed by atoms with Crippen molar-refractivity contribution in [1.82, 2.24) is 0 Å². The number of phenols is 3. The molecule has 438 valence electrons. The van der Waals surface area contributed by atoms with Gasteiger partial charge >= 0.3 is 0 Å². The zero-order valence-electron chi connectivity index (χ0n) is 49.8. The minimum atomic E-state index is 0.0528. The summed E-state index contributed by atoms with van der Waals surface area (Å²) in [6, 6.07) is 58.1. The standard InChI is InChI=1S/C25H26O5.C25H26O3.C23H22O4/c1-15-21(26)11-10-19-24(16-5-8-18(27-2)9-6-16)20(14-30-25(15)19)17-7-12-22(28-3)23(13-17)29-4;1-16-5-14-22-24(19-8-12-21(27-4)13-9-19)23(15-28-25(22)17(16)2)18-6-10-20(26-3)11-7-18;1-14-21(25)12-11-19-22(16-5-9-18(26-2)10-6-16)20(13-27-23(14)19)15-3-7-17(24)8-4-15/h5-13,20,24,26H,14H2,1-4H3;5-14,23-24H,15H2,1-4H3;3-12,20,22,24-25H,13H2,1-2H3/t20-,24-;23-,24-;20-,22-/m000/s1. The van der Waals surface area contributed by atoms with Gasteiger partial charge < -0.3 is 58.0 Å². The number of ether oxygens (including phenoxy) is 9. The highest BCUT2D eigenvalue weighted by molar-refractivity contribution is 5.59. The lowest BCUT2D eigenvalue weighted by Gasteiger charge is -2.35. The zero-order chi connectivity index (χ0) is 59.9. The van der Waals surface area contributed by atoms with Crippen LogP contribution in [0.2, 0.25) is 0 Å². The average Bonchev–Trinajstić information content (AvgIpc) is 3.68. The predicted molar refractivity (Wildman–Crippen MR) is 331 cm³/mol. The Hall–Kier alpha value is -9.42. The van der Waals surface area contributed by atoms with E-state index in [0.717, 1.165) is 84.8 Å². The van der Waals surface area contributed by atoms with Gasteiger partial charge in [0.15, 0.2) is 11.5 Å². The number of aryl methyl sites for hydroxylation is 1. The predicted octanol–water partition coefficient (Wildman–Crippen LogP) is 15.4. The van der Waals surface area contributed by atoms with Crippen molar-refractivity contribution in [3.63, 3.8) is 0 Å². The van der Waals surface area contributed by atoms with E-state index in [1.165, 1.54) is 27.8 Å². The molecule has 12 nitrogen and oxygen atoms in total. The molecule has 0 fully saturated rings. The van der Waals surface area contributed by atoms with Crippen LogP contribution in [0.3, 0.4) is 0 Å². The summed E-state index contributed by atoms with van der Waals surface area (Å²) in [5.41, 5.74) is 14.4. The fourth-order valence-corrected chi connectivity index (χ4v) is 12.2. The van der Waals surface area contributed by atoms with Gasteiger partial charge in [-0.2, -0.15) is 0 Å². The second-order valence-corrected chi connectivity index (χ2v) is 21.7. The highest BCUT2D eigenvalue weighted by Gasteiger charge is 2.38. The molecule has 12 heteroatoms. The third kappa shape index (κ3) is 12.2. The molecule has 3 heterocycles. The van der Waals surface area contributed by atoms with Crippen LogP contribution in [0, 0.1) is 27.7 Å². The molecule has 3 N–H and O–H groups in total. The van der Waals surface area contributed by atoms with E-state index in [0.29, 0.717) is 31.3 Å². The van der Waals surface area contributed by atoms with E-state index >= 15 is 0 Å². The maximum absolute atomic E-state index is 10.2. The number of phenolic OH excluding ortho intramolecular Hbond substituents is 3. The minimum absolute atomic E-state index is 0.0528. The molecule has 9 aromatic rings. The number of methoxy groups -OCH3 is 6. The summed E-state index contributed by atoms with van der Waals surface area (Å²) in [7, 11) is 9.99. The van der Waals surface area contributed by atoms with E-state index in [1.807, 2.05) is 98.8 Å². The summed E-state index contributed by atoms with van der Waals surface area (Å²) in [6.07, 6.45) is 0. The molecule has 3 aliphatic heterocycles. The number of rotatable bonds is 12. The number of hydrogen-bond donors (Lipinski definition) is 3. The Bertz CT molecular complexity index is 3730. The summed E-state index contributed by atoms with van der Waals surface area (Å²) < 4.78 is 50.8. The van der Waals surface area contributed by atoms with Gasteiger partial charge in [0.2, 0.25) is 0 Å². The second-order valence-electron chi connectivity index (χ2n) is 21.7. The summed E-state index contributed by atoms with van der Waals surface area (Å²) >= 11 is 0. The van der Waals surface area contributed by atoms with E-state index in [4.69, 9.17) is 42.6 Å². The molecule has 12 rings (SSSR count). The molecule has 0 spiro atoms. The monoisotopic (exact) mass is 1140 g/mol. The van der Waals surface area contributed by atoms with Crippen molar-refractivity contribution in [2.75, 3.05) is 62.5 Å². The van der Waals surface area contributed by atoms with Crippen LogP contribution in [-0.2, 0) is 0 Å². The second kappa shape index (κ2) is 26.0. The van der Waals surface area contributed by atoms with Crippen molar-refractivity contribution < 1.29 is 58.0 Å². The average molecular weight is 1140 g/mol. The van der Waals surface area contributed by atoms with Crippen molar-refractivity contribution in [1.29, 1.82) is 0 Å². The molecule has 9 aromatic carbocycles. The first-order chi connectivity index (χ1) is 41.3. The molecule has 0 amide bonds. The third-order valence-corrected chi connectivity index (χ3v) is 17.1. The lowest BCUT2D eigenvalue weighted by Crippen LogP contribution is -2.26. The van der Waals surface area contributed by atoms with Gasteiger partial charge in [0, 0.05) is 63.3 Å². The van der Waals surface area contributed by atoms with Crippen LogP contribution in [0.4, 0.5) is 0 Å². The number of aromatic hydroxyl groups is 3. The first-order valence-corrected chi connectivity index (χ1v) is 28.5. The molecule has 0 radical (unpaired) electrons. The fourth-order valence-electron chi connectivity index (χ4n) is 12.2. The van der Waals surface area contributed by atoms with E-state index in [-0.39, 0.29) is 52.8 Å². The largest absolute Gasteiger partial charge is 0.508 e. The summed E-state index contributed by atoms with van der Waals surface area (Å²) in [5, 5.41) is 29.9. The molecular formula is C73H74O12. The van der Waals surface area contributed by atoms with Crippen LogP contribution in [0.25, 0.3) is 0 Å². The molecule has 0 saturated carbocycles. The zero-order valence-corrected chi connectivity index (χ0v) is 49.8. The normalized spacial score (nSPS) is 18.0. The Morgan fingerprint density at radius 1 is 0.318 bits per heavy atom. The summed E-state index contributed by atoms with van der Waals surface area (Å²) in [5.74, 6) is 8.77. The van der Waals surface area contributed by atoms with Crippen molar-refractivity contribution in [3.05, 3.63) is 248 Å². The van der Waals surface area contributed by atoms with Crippen molar-refractivity contribution >= 4 is 0 Å². The van der Waals surface area contributed by atoms with Crippen molar-refractivity contribution in [2.24, 2.45) is 0 Å². The van der Waals surface area contributed by atoms with Gasteiger partial charge in [0.25, 0.3) is 0 Å². The minimum Gasteiger partial charge on any atom is -0.508 e. The first-order valence-electron chi connectivity index (χ1n) is 28.5. The fraction of sp³-hybridized carbons (Fsp3) is 0.260. The third-order valence-electron chi connectivity index (χ3n) is 17.1. The number of hydrogen-bond acceptors (Lipinski definition) is 12. The Morgan fingerprint density at radius 3 is 1.00 bits per heavy atom. The van der Waals surface area contributed by atoms with Gasteiger partial charge in [-0.1, -0.05) is 91.0 Å². The van der Waals surface area contributed by atoms with E-state index < -0.39 is 0 Å².